The first-order valence-corrected chi connectivity index (χ1v) is 9.93. The Morgan fingerprint density at radius 1 is 1.29 bits per heavy atom. The molecule has 1 atom stereocenters. The van der Waals surface area contributed by atoms with Gasteiger partial charge in [-0.25, -0.2) is 4.39 Å². The minimum absolute atomic E-state index is 0.164. The zero-order valence-corrected chi connectivity index (χ0v) is 18.0. The summed E-state index contributed by atoms with van der Waals surface area (Å²) in [5.41, 5.74) is 9.60. The van der Waals surface area contributed by atoms with Gasteiger partial charge in [-0.05, 0) is 56.2 Å². The maximum Gasteiger partial charge on any atom is 0.227 e. The first-order chi connectivity index (χ1) is 13.0. The highest BCUT2D eigenvalue weighted by Gasteiger charge is 2.36. The summed E-state index contributed by atoms with van der Waals surface area (Å²) in [7, 11) is 0. The quantitative estimate of drug-likeness (QED) is 0.744. The third-order valence-electron chi connectivity index (χ3n) is 5.52. The molecule has 5 heteroatoms. The number of halogens is 1. The minimum Gasteiger partial charge on any atom is -0.356 e. The molecule has 1 aliphatic rings. The Bertz CT molecular complexity index is 774. The van der Waals surface area contributed by atoms with Crippen LogP contribution in [0.2, 0.25) is 0 Å². The Labute approximate surface area is 168 Å². The lowest BCUT2D eigenvalue weighted by Crippen LogP contribution is -2.46. The van der Waals surface area contributed by atoms with E-state index >= 15 is 0 Å². The van der Waals surface area contributed by atoms with Crippen LogP contribution in [0, 0.1) is 16.6 Å². The van der Waals surface area contributed by atoms with E-state index in [9.17, 15) is 9.18 Å². The number of nitrogens with zero attached hydrogens (tertiary/aromatic N) is 1. The fraction of sp³-hybridized carbons (Fsp3) is 0.522. The van der Waals surface area contributed by atoms with Crippen molar-refractivity contribution in [1.29, 1.82) is 0 Å². The predicted octanol–water partition coefficient (Wildman–Crippen LogP) is 4.70. The van der Waals surface area contributed by atoms with Crippen molar-refractivity contribution in [2.45, 2.75) is 48.0 Å². The summed E-state index contributed by atoms with van der Waals surface area (Å²) < 4.78 is 13.2. The third kappa shape index (κ3) is 5.02. The molecule has 0 aliphatic heterocycles. The van der Waals surface area contributed by atoms with Gasteiger partial charge in [0.15, 0.2) is 0 Å². The van der Waals surface area contributed by atoms with Crippen LogP contribution in [0.4, 0.5) is 10.1 Å². The molecule has 3 N–H and O–H groups in total. The number of carbonyl (C=O) groups excluding carboxylic acids is 1. The summed E-state index contributed by atoms with van der Waals surface area (Å²) in [6.07, 6.45) is 2.90. The van der Waals surface area contributed by atoms with Gasteiger partial charge in [0.25, 0.3) is 0 Å². The Balaban J connectivity index is 2.25. The monoisotopic (exact) mass is 387 g/mol. The Hall–Kier alpha value is -2.14. The lowest BCUT2D eigenvalue weighted by molar-refractivity contribution is -0.140. The lowest BCUT2D eigenvalue weighted by atomic mass is 9.72. The SMILES string of the molecule is CCN(CC1(C)CC(CN)=C(Nc2ccc(F)cc2)C=C1C)C(=O)C(C)(C)C. The van der Waals surface area contributed by atoms with Gasteiger partial charge in [0.05, 0.1) is 0 Å². The van der Waals surface area contributed by atoms with Gasteiger partial charge < -0.3 is 16.0 Å². The van der Waals surface area contributed by atoms with Gasteiger partial charge in [-0.1, -0.05) is 33.3 Å². The van der Waals surface area contributed by atoms with Crippen LogP contribution in [0.15, 0.2) is 47.2 Å². The summed E-state index contributed by atoms with van der Waals surface area (Å²) >= 11 is 0. The fourth-order valence-corrected chi connectivity index (χ4v) is 3.60. The summed E-state index contributed by atoms with van der Waals surface area (Å²) in [6.45, 7) is 14.0. The number of carbonyl (C=O) groups is 1. The van der Waals surface area contributed by atoms with Crippen LogP contribution >= 0.6 is 0 Å². The number of hydrogen-bond acceptors (Lipinski definition) is 3. The molecule has 2 rings (SSSR count). The maximum absolute atomic E-state index is 13.2. The number of amides is 1. The van der Waals surface area contributed by atoms with E-state index in [4.69, 9.17) is 5.73 Å². The van der Waals surface area contributed by atoms with Gasteiger partial charge in [0.1, 0.15) is 5.82 Å². The fourth-order valence-electron chi connectivity index (χ4n) is 3.60. The average Bonchev–Trinajstić information content (AvgIpc) is 2.63. The number of allylic oxidation sites excluding steroid dienone is 1. The van der Waals surface area contributed by atoms with Gasteiger partial charge in [-0.15, -0.1) is 0 Å². The van der Waals surface area contributed by atoms with Crippen LogP contribution in [0.25, 0.3) is 0 Å². The Kier molecular flexibility index (Phi) is 6.71. The number of benzene rings is 1. The molecule has 1 aromatic carbocycles. The smallest absolute Gasteiger partial charge is 0.227 e. The molecule has 28 heavy (non-hydrogen) atoms. The summed E-state index contributed by atoms with van der Waals surface area (Å²) in [6, 6.07) is 6.31. The highest BCUT2D eigenvalue weighted by Crippen LogP contribution is 2.41. The molecule has 0 saturated heterocycles. The second-order valence-electron chi connectivity index (χ2n) is 8.99. The van der Waals surface area contributed by atoms with Crippen LogP contribution in [0.1, 0.15) is 48.0 Å². The second kappa shape index (κ2) is 8.48. The Morgan fingerprint density at radius 2 is 1.89 bits per heavy atom. The molecule has 154 valence electrons. The second-order valence-corrected chi connectivity index (χ2v) is 8.99. The molecule has 0 aromatic heterocycles. The molecular weight excluding hydrogens is 353 g/mol. The van der Waals surface area contributed by atoms with Crippen LogP contribution in [0.3, 0.4) is 0 Å². The summed E-state index contributed by atoms with van der Waals surface area (Å²) in [4.78, 5) is 14.8. The molecule has 1 unspecified atom stereocenters. The van der Waals surface area contributed by atoms with Crippen molar-refractivity contribution in [2.24, 2.45) is 16.6 Å². The molecule has 1 aliphatic carbocycles. The van der Waals surface area contributed by atoms with Crippen molar-refractivity contribution in [1.82, 2.24) is 4.90 Å². The lowest BCUT2D eigenvalue weighted by Gasteiger charge is -2.41. The van der Waals surface area contributed by atoms with Gasteiger partial charge in [0, 0.05) is 41.8 Å². The van der Waals surface area contributed by atoms with E-state index in [2.05, 4.69) is 25.2 Å². The first kappa shape index (κ1) is 22.2. The maximum atomic E-state index is 13.2. The van der Waals surface area contributed by atoms with Crippen LogP contribution in [-0.2, 0) is 4.79 Å². The molecule has 0 spiro atoms. The van der Waals surface area contributed by atoms with Gasteiger partial charge in [0.2, 0.25) is 5.91 Å². The highest BCUT2D eigenvalue weighted by molar-refractivity contribution is 5.81. The van der Waals surface area contributed by atoms with Crippen molar-refractivity contribution in [3.8, 4) is 0 Å². The average molecular weight is 388 g/mol. The number of nitrogens with two attached hydrogens (primary N) is 1. The van der Waals surface area contributed by atoms with E-state index in [1.54, 1.807) is 12.1 Å². The molecule has 1 aromatic rings. The molecule has 0 heterocycles. The van der Waals surface area contributed by atoms with E-state index in [1.165, 1.54) is 17.7 Å². The van der Waals surface area contributed by atoms with E-state index in [-0.39, 0.29) is 17.1 Å². The minimum atomic E-state index is -0.402. The van der Waals surface area contributed by atoms with Gasteiger partial charge in [-0.3, -0.25) is 4.79 Å². The van der Waals surface area contributed by atoms with Crippen molar-refractivity contribution < 1.29 is 9.18 Å². The van der Waals surface area contributed by atoms with Crippen LogP contribution in [0.5, 0.6) is 0 Å². The summed E-state index contributed by atoms with van der Waals surface area (Å²) in [5.74, 6) is -0.0952. The molecule has 4 nitrogen and oxygen atoms in total. The molecule has 1 amide bonds. The highest BCUT2D eigenvalue weighted by atomic mass is 19.1. The van der Waals surface area contributed by atoms with Gasteiger partial charge in [-0.2, -0.15) is 0 Å². The van der Waals surface area contributed by atoms with E-state index in [0.717, 1.165) is 23.4 Å². The number of hydrogen-bond donors (Lipinski definition) is 2. The zero-order valence-electron chi connectivity index (χ0n) is 18.0. The number of anilines is 1. The normalized spacial score (nSPS) is 20.1. The van der Waals surface area contributed by atoms with Crippen molar-refractivity contribution in [2.75, 3.05) is 25.0 Å². The largest absolute Gasteiger partial charge is 0.356 e. The van der Waals surface area contributed by atoms with E-state index < -0.39 is 5.41 Å². The van der Waals surface area contributed by atoms with Crippen molar-refractivity contribution in [3.05, 3.63) is 53.0 Å². The van der Waals surface area contributed by atoms with Crippen molar-refractivity contribution >= 4 is 11.6 Å². The Morgan fingerprint density at radius 3 is 2.39 bits per heavy atom. The molecule has 0 radical (unpaired) electrons. The van der Waals surface area contributed by atoms with Crippen LogP contribution in [-0.4, -0.2) is 30.4 Å². The molecule has 0 saturated carbocycles. The van der Waals surface area contributed by atoms with Crippen molar-refractivity contribution in [3.63, 3.8) is 0 Å². The van der Waals surface area contributed by atoms with E-state index in [0.29, 0.717) is 19.6 Å². The summed E-state index contributed by atoms with van der Waals surface area (Å²) in [5, 5.41) is 3.37. The van der Waals surface area contributed by atoms with Gasteiger partial charge >= 0.3 is 0 Å². The standard InChI is InChI=1S/C23H34FN3O/c1-7-27(21(28)22(3,4)5)15-23(6)13-17(14-25)20(12-16(23)2)26-19-10-8-18(24)9-11-19/h8-12,26H,7,13-15,25H2,1-6H3. The number of rotatable bonds is 6. The topological polar surface area (TPSA) is 58.4 Å². The number of nitrogens with one attached hydrogen (secondary N) is 1. The molecular formula is C23H34FN3O. The molecule has 0 fully saturated rings. The zero-order chi connectivity index (χ0) is 21.1. The van der Waals surface area contributed by atoms with E-state index in [1.807, 2.05) is 32.6 Å². The third-order valence-corrected chi connectivity index (χ3v) is 5.52. The molecule has 0 bridgehead atoms. The first-order valence-electron chi connectivity index (χ1n) is 9.93. The van der Waals surface area contributed by atoms with Crippen LogP contribution < -0.4 is 11.1 Å². The predicted molar refractivity (Wildman–Crippen MR) is 114 cm³/mol.